The zero-order valence-corrected chi connectivity index (χ0v) is 31.8. The van der Waals surface area contributed by atoms with Crippen molar-refractivity contribution in [3.05, 3.63) is 28.8 Å². The van der Waals surface area contributed by atoms with Crippen molar-refractivity contribution in [2.24, 2.45) is 0 Å². The van der Waals surface area contributed by atoms with Gasteiger partial charge in [0.1, 0.15) is 37.3 Å². The zero-order chi connectivity index (χ0) is 41.1. The first-order chi connectivity index (χ1) is 25.8. The molecule has 20 nitrogen and oxygen atoms in total. The molecule has 2 heterocycles. The number of benzene rings is 1. The summed E-state index contributed by atoms with van der Waals surface area (Å²) in [6.45, 7) is 6.00. The minimum absolute atomic E-state index is 0.0165. The van der Waals surface area contributed by atoms with Crippen LogP contribution in [-0.2, 0) is 80.9 Å². The van der Waals surface area contributed by atoms with Gasteiger partial charge in [0.15, 0.2) is 43.0 Å². The third-order valence-corrected chi connectivity index (χ3v) is 7.93. The average Bonchev–Trinajstić information content (AvgIpc) is 3.07. The molecule has 2 aliphatic heterocycles. The first kappa shape index (κ1) is 44.3. The van der Waals surface area contributed by atoms with Crippen LogP contribution in [0, 0.1) is 0 Å². The number of methoxy groups -OCH3 is 1. The standard InChI is InChI=1S/C34H42ClNO19/c1-14(37)46-12-24-27(55-34-31(52-20(7)43)29(50-18(5)41)26(48-16(3)39)25(54-34)13-47-15(2)38)28(49-17(4)40)30(51-19(6)42)33(53-24)36-32(44)21-9-10-22(35)23(11-21)45-8/h9-11,24-31,33-34H,12-13H2,1-8H3,(H,36,44)/t24-,25-,26-,27-,28+,29+,30-,31-,33-,34-/m1/s1. The summed E-state index contributed by atoms with van der Waals surface area (Å²) in [6.07, 6.45) is -16.5. The highest BCUT2D eigenvalue weighted by Gasteiger charge is 2.57. The molecule has 0 radical (unpaired) electrons. The second-order valence-corrected chi connectivity index (χ2v) is 12.4. The first-order valence-electron chi connectivity index (χ1n) is 16.5. The Morgan fingerprint density at radius 2 is 1.05 bits per heavy atom. The molecule has 1 aromatic rings. The Labute approximate surface area is 319 Å². The molecule has 55 heavy (non-hydrogen) atoms. The van der Waals surface area contributed by atoms with Gasteiger partial charge in [-0.3, -0.25) is 38.4 Å². The van der Waals surface area contributed by atoms with Gasteiger partial charge in [0, 0.05) is 54.0 Å². The molecule has 3 rings (SSSR count). The number of halogens is 1. The summed E-state index contributed by atoms with van der Waals surface area (Å²) in [6, 6.07) is 4.07. The van der Waals surface area contributed by atoms with Crippen LogP contribution in [0.3, 0.4) is 0 Å². The van der Waals surface area contributed by atoms with Crippen LogP contribution in [0.5, 0.6) is 5.75 Å². The van der Waals surface area contributed by atoms with E-state index in [-0.39, 0.29) is 16.3 Å². The van der Waals surface area contributed by atoms with E-state index in [0.717, 1.165) is 48.5 Å². The van der Waals surface area contributed by atoms with Gasteiger partial charge < -0.3 is 57.4 Å². The fourth-order valence-corrected chi connectivity index (χ4v) is 5.84. The highest BCUT2D eigenvalue weighted by atomic mass is 35.5. The van der Waals surface area contributed by atoms with E-state index in [4.69, 9.17) is 63.7 Å². The number of hydrogen-bond acceptors (Lipinski definition) is 19. The van der Waals surface area contributed by atoms with Crippen molar-refractivity contribution in [2.45, 2.75) is 110 Å². The van der Waals surface area contributed by atoms with Gasteiger partial charge in [-0.05, 0) is 18.2 Å². The smallest absolute Gasteiger partial charge is 0.303 e. The maximum atomic E-state index is 13.5. The molecule has 304 valence electrons. The van der Waals surface area contributed by atoms with Crippen LogP contribution < -0.4 is 10.1 Å². The van der Waals surface area contributed by atoms with E-state index >= 15 is 0 Å². The van der Waals surface area contributed by atoms with Gasteiger partial charge in [0.05, 0.1) is 12.1 Å². The van der Waals surface area contributed by atoms with Crippen molar-refractivity contribution in [3.63, 3.8) is 0 Å². The lowest BCUT2D eigenvalue weighted by Gasteiger charge is -2.48. The van der Waals surface area contributed by atoms with E-state index in [1.165, 1.54) is 25.3 Å². The van der Waals surface area contributed by atoms with Gasteiger partial charge in [0.25, 0.3) is 5.91 Å². The minimum atomic E-state index is -1.86. The van der Waals surface area contributed by atoms with Crippen molar-refractivity contribution in [1.82, 2.24) is 5.32 Å². The second-order valence-electron chi connectivity index (χ2n) is 12.0. The fourth-order valence-electron chi connectivity index (χ4n) is 5.64. The zero-order valence-electron chi connectivity index (χ0n) is 31.1. The first-order valence-corrected chi connectivity index (χ1v) is 16.9. The van der Waals surface area contributed by atoms with Crippen molar-refractivity contribution in [1.29, 1.82) is 0 Å². The van der Waals surface area contributed by atoms with Crippen molar-refractivity contribution in [2.75, 3.05) is 20.3 Å². The molecule has 0 spiro atoms. The summed E-state index contributed by atoms with van der Waals surface area (Å²) in [7, 11) is 1.33. The molecule has 0 bridgehead atoms. The molecular weight excluding hydrogens is 762 g/mol. The minimum Gasteiger partial charge on any atom is -0.495 e. The molecule has 2 fully saturated rings. The number of ether oxygens (including phenoxy) is 11. The van der Waals surface area contributed by atoms with E-state index in [1.54, 1.807) is 0 Å². The van der Waals surface area contributed by atoms with Crippen molar-refractivity contribution in [3.8, 4) is 5.75 Å². The van der Waals surface area contributed by atoms with Crippen molar-refractivity contribution < 1.29 is 90.5 Å². The van der Waals surface area contributed by atoms with Gasteiger partial charge in [-0.15, -0.1) is 0 Å². The molecule has 0 aromatic heterocycles. The number of nitrogens with one attached hydrogen (secondary N) is 1. The van der Waals surface area contributed by atoms with Crippen LogP contribution in [0.1, 0.15) is 58.8 Å². The summed E-state index contributed by atoms with van der Waals surface area (Å²) in [4.78, 5) is 99.4. The number of hydrogen-bond donors (Lipinski definition) is 1. The third kappa shape index (κ3) is 12.8. The number of rotatable bonds is 14. The molecule has 2 saturated heterocycles. The summed E-state index contributed by atoms with van der Waals surface area (Å²) in [5.41, 5.74) is 0.0165. The lowest BCUT2D eigenvalue weighted by molar-refractivity contribution is -0.345. The van der Waals surface area contributed by atoms with Crippen LogP contribution in [0.25, 0.3) is 0 Å². The quantitative estimate of drug-likeness (QED) is 0.201. The maximum absolute atomic E-state index is 13.5. The Balaban J connectivity index is 2.17. The number of carbonyl (C=O) groups is 8. The molecule has 1 N–H and O–H groups in total. The van der Waals surface area contributed by atoms with Gasteiger partial charge in [-0.25, -0.2) is 0 Å². The van der Waals surface area contributed by atoms with Crippen LogP contribution >= 0.6 is 11.6 Å². The molecule has 2 aliphatic rings. The fraction of sp³-hybridized carbons (Fsp3) is 0.588. The van der Waals surface area contributed by atoms with E-state index in [9.17, 15) is 38.4 Å². The summed E-state index contributed by atoms with van der Waals surface area (Å²) >= 11 is 6.11. The lowest BCUT2D eigenvalue weighted by atomic mass is 9.95. The van der Waals surface area contributed by atoms with Crippen LogP contribution in [0.4, 0.5) is 0 Å². The number of esters is 7. The molecule has 1 amide bonds. The molecule has 21 heteroatoms. The van der Waals surface area contributed by atoms with E-state index in [2.05, 4.69) is 5.32 Å². The SMILES string of the molecule is COc1cc(C(=O)N[C@@H]2O[C@H](COC(C)=O)[C@@H](O[C@H]3O[C@H](COC(C)=O)[C@@H](OC(C)=O)[C@H](OC(C)=O)[C@H]3OC(C)=O)[C@H](OC(C)=O)[C@H]2OC(C)=O)ccc1Cl. The predicted molar refractivity (Wildman–Crippen MR) is 179 cm³/mol. The topological polar surface area (TPSA) is 250 Å². The Morgan fingerprint density at radius 3 is 1.55 bits per heavy atom. The monoisotopic (exact) mass is 803 g/mol. The Bertz CT molecular complexity index is 1620. The molecule has 1 aromatic carbocycles. The number of carbonyl (C=O) groups excluding carboxylic acids is 8. The van der Waals surface area contributed by atoms with E-state index in [0.29, 0.717) is 0 Å². The average molecular weight is 804 g/mol. The summed E-state index contributed by atoms with van der Waals surface area (Å²) in [5, 5.41) is 2.75. The molecular formula is C34H42ClNO19. The van der Waals surface area contributed by atoms with Gasteiger partial charge in [-0.2, -0.15) is 0 Å². The van der Waals surface area contributed by atoms with Crippen LogP contribution in [-0.4, -0.2) is 129 Å². The van der Waals surface area contributed by atoms with E-state index in [1.807, 2.05) is 0 Å². The highest BCUT2D eigenvalue weighted by Crippen LogP contribution is 2.35. The van der Waals surface area contributed by atoms with E-state index < -0.39 is 122 Å². The Hall–Kier alpha value is -5.05. The number of amides is 1. The molecule has 0 aliphatic carbocycles. The normalized spacial score (nSPS) is 27.3. The van der Waals surface area contributed by atoms with Crippen LogP contribution in [0.2, 0.25) is 5.02 Å². The Morgan fingerprint density at radius 1 is 0.600 bits per heavy atom. The molecule has 0 saturated carbocycles. The highest BCUT2D eigenvalue weighted by molar-refractivity contribution is 6.32. The molecule has 10 atom stereocenters. The third-order valence-electron chi connectivity index (χ3n) is 7.61. The summed E-state index contributed by atoms with van der Waals surface area (Å²) < 4.78 is 61.4. The van der Waals surface area contributed by atoms with Crippen LogP contribution in [0.15, 0.2) is 18.2 Å². The second kappa shape index (κ2) is 20.0. The predicted octanol–water partition coefficient (Wildman–Crippen LogP) is 0.698. The Kier molecular flexibility index (Phi) is 16.2. The summed E-state index contributed by atoms with van der Waals surface area (Å²) in [5.74, 6) is -6.86. The van der Waals surface area contributed by atoms with Gasteiger partial charge >= 0.3 is 41.8 Å². The van der Waals surface area contributed by atoms with Gasteiger partial charge in [-0.1, -0.05) is 11.6 Å². The maximum Gasteiger partial charge on any atom is 0.303 e. The largest absolute Gasteiger partial charge is 0.495 e. The van der Waals surface area contributed by atoms with Crippen molar-refractivity contribution >= 4 is 59.3 Å². The molecule has 0 unspecified atom stereocenters. The van der Waals surface area contributed by atoms with Gasteiger partial charge in [0.2, 0.25) is 0 Å². The lowest BCUT2D eigenvalue weighted by Crippen LogP contribution is -2.68.